The number of aryl methyl sites for hydroxylation is 1. The van der Waals surface area contributed by atoms with E-state index in [4.69, 9.17) is 4.74 Å². The van der Waals surface area contributed by atoms with Gasteiger partial charge in [-0.3, -0.25) is 0 Å². The molecule has 8 heteroatoms. The van der Waals surface area contributed by atoms with E-state index < -0.39 is 0 Å². The van der Waals surface area contributed by atoms with Gasteiger partial charge in [0.15, 0.2) is 5.82 Å². The third kappa shape index (κ3) is 4.45. The summed E-state index contributed by atoms with van der Waals surface area (Å²) >= 11 is 0. The van der Waals surface area contributed by atoms with E-state index in [1.54, 1.807) is 0 Å². The average Bonchev–Trinajstić information content (AvgIpc) is 3.30. The van der Waals surface area contributed by atoms with Crippen LogP contribution in [0.3, 0.4) is 0 Å². The first-order chi connectivity index (χ1) is 11.9. The number of rotatable bonds is 5. The maximum absolute atomic E-state index is 5.79. The van der Waals surface area contributed by atoms with Gasteiger partial charge in [-0.2, -0.15) is 5.10 Å². The fourth-order valence-corrected chi connectivity index (χ4v) is 3.06. The highest BCUT2D eigenvalue weighted by molar-refractivity contribution is 5.85. The largest absolute Gasteiger partial charge is 0.376 e. The molecule has 1 aliphatic rings. The van der Waals surface area contributed by atoms with E-state index in [0.717, 1.165) is 49.9 Å². The van der Waals surface area contributed by atoms with Crippen LogP contribution in [0.4, 0.5) is 0 Å². The van der Waals surface area contributed by atoms with Crippen LogP contribution < -0.4 is 5.32 Å². The number of aromatic nitrogens is 4. The van der Waals surface area contributed by atoms with E-state index in [1.165, 1.54) is 0 Å². The van der Waals surface area contributed by atoms with Crippen LogP contribution in [0.5, 0.6) is 0 Å². The van der Waals surface area contributed by atoms with Crippen molar-refractivity contribution in [1.82, 2.24) is 24.6 Å². The van der Waals surface area contributed by atoms with Crippen molar-refractivity contribution in [2.75, 3.05) is 19.7 Å². The Morgan fingerprint density at radius 1 is 1.12 bits per heavy atom. The Hall–Kier alpha value is -1.86. The zero-order valence-electron chi connectivity index (χ0n) is 14.3. The lowest BCUT2D eigenvalue weighted by molar-refractivity contribution is 0.0211. The number of nitrogens with zero attached hydrogens (tertiary/aromatic N) is 4. The minimum Gasteiger partial charge on any atom is -0.376 e. The summed E-state index contributed by atoms with van der Waals surface area (Å²) in [5.74, 6) is 0.931. The number of morpholine rings is 1. The van der Waals surface area contributed by atoms with Crippen molar-refractivity contribution in [1.29, 1.82) is 0 Å². The lowest BCUT2D eigenvalue weighted by Crippen LogP contribution is -2.38. The molecule has 1 aliphatic heterocycles. The summed E-state index contributed by atoms with van der Waals surface area (Å²) in [5.41, 5.74) is 2.03. The maximum atomic E-state index is 5.79. The number of ether oxygens (including phenoxy) is 1. The first-order valence-electron chi connectivity index (χ1n) is 8.35. The Morgan fingerprint density at radius 3 is 2.73 bits per heavy atom. The van der Waals surface area contributed by atoms with Crippen molar-refractivity contribution in [3.63, 3.8) is 0 Å². The summed E-state index contributed by atoms with van der Waals surface area (Å²) in [5, 5.41) is 7.84. The summed E-state index contributed by atoms with van der Waals surface area (Å²) in [6.07, 6.45) is 6.92. The summed E-state index contributed by atoms with van der Waals surface area (Å²) < 4.78 is 9.89. The maximum Gasteiger partial charge on any atom is 0.158 e. The highest BCUT2D eigenvalue weighted by atomic mass is 35.5. The van der Waals surface area contributed by atoms with Gasteiger partial charge in [-0.15, -0.1) is 24.8 Å². The van der Waals surface area contributed by atoms with Gasteiger partial charge in [0.2, 0.25) is 0 Å². The summed E-state index contributed by atoms with van der Waals surface area (Å²) in [6, 6.07) is 12.1. The van der Waals surface area contributed by atoms with E-state index in [-0.39, 0.29) is 30.9 Å². The topological polar surface area (TPSA) is 56.9 Å². The van der Waals surface area contributed by atoms with E-state index in [0.29, 0.717) is 0 Å². The molecule has 0 saturated carbocycles. The number of benzene rings is 1. The summed E-state index contributed by atoms with van der Waals surface area (Å²) in [7, 11) is 0. The van der Waals surface area contributed by atoms with E-state index in [9.17, 15) is 0 Å². The third-order valence-electron chi connectivity index (χ3n) is 4.28. The minimum atomic E-state index is 0. The number of hydrogen-bond donors (Lipinski definition) is 1. The molecule has 0 bridgehead atoms. The Balaban J connectivity index is 0.00000121. The fraction of sp³-hybridized carbons (Fsp3) is 0.333. The SMILES string of the molecule is Cl.Cl.c1ccc(-n2nccc2-c2nccn2CCC2CNCCO2)cc1. The monoisotopic (exact) mass is 395 g/mol. The molecule has 0 spiro atoms. The quantitative estimate of drug-likeness (QED) is 0.721. The van der Waals surface area contributed by atoms with Gasteiger partial charge in [-0.1, -0.05) is 18.2 Å². The van der Waals surface area contributed by atoms with Crippen molar-refractivity contribution in [2.24, 2.45) is 0 Å². The third-order valence-corrected chi connectivity index (χ3v) is 4.28. The smallest absolute Gasteiger partial charge is 0.158 e. The number of nitrogens with one attached hydrogen (secondary N) is 1. The molecule has 1 atom stereocenters. The van der Waals surface area contributed by atoms with Crippen LogP contribution in [0.15, 0.2) is 55.0 Å². The summed E-state index contributed by atoms with van der Waals surface area (Å²) in [4.78, 5) is 4.55. The van der Waals surface area contributed by atoms with Gasteiger partial charge in [0.05, 0.1) is 24.6 Å². The van der Waals surface area contributed by atoms with E-state index in [2.05, 4.69) is 20.0 Å². The van der Waals surface area contributed by atoms with Crippen LogP contribution in [0.25, 0.3) is 17.2 Å². The molecule has 0 aliphatic carbocycles. The molecule has 1 aromatic carbocycles. The van der Waals surface area contributed by atoms with Gasteiger partial charge < -0.3 is 14.6 Å². The van der Waals surface area contributed by atoms with Crippen molar-refractivity contribution < 1.29 is 4.74 Å². The normalized spacial score (nSPS) is 16.5. The van der Waals surface area contributed by atoms with Gasteiger partial charge in [-0.05, 0) is 24.6 Å². The molecule has 1 unspecified atom stereocenters. The first-order valence-corrected chi connectivity index (χ1v) is 8.35. The molecule has 3 heterocycles. The highest BCUT2D eigenvalue weighted by Gasteiger charge is 2.16. The number of imidazole rings is 1. The highest BCUT2D eigenvalue weighted by Crippen LogP contribution is 2.21. The molecule has 0 radical (unpaired) electrons. The molecule has 3 aromatic rings. The minimum absolute atomic E-state index is 0. The van der Waals surface area contributed by atoms with Crippen LogP contribution in [-0.2, 0) is 11.3 Å². The fourth-order valence-electron chi connectivity index (χ4n) is 3.06. The van der Waals surface area contributed by atoms with Gasteiger partial charge in [0.1, 0.15) is 5.69 Å². The van der Waals surface area contributed by atoms with Crippen molar-refractivity contribution in [3.05, 3.63) is 55.0 Å². The van der Waals surface area contributed by atoms with Gasteiger partial charge >= 0.3 is 0 Å². The van der Waals surface area contributed by atoms with Crippen LogP contribution in [0.1, 0.15) is 6.42 Å². The molecule has 6 nitrogen and oxygen atoms in total. The molecular formula is C18H23Cl2N5O. The Kier molecular flexibility index (Phi) is 7.66. The summed E-state index contributed by atoms with van der Waals surface area (Å²) in [6.45, 7) is 3.54. The van der Waals surface area contributed by atoms with E-state index >= 15 is 0 Å². The molecular weight excluding hydrogens is 373 g/mol. The van der Waals surface area contributed by atoms with Crippen molar-refractivity contribution >= 4 is 24.8 Å². The number of para-hydroxylation sites is 1. The first kappa shape index (κ1) is 20.5. The van der Waals surface area contributed by atoms with E-state index in [1.807, 2.05) is 59.7 Å². The van der Waals surface area contributed by atoms with Crippen molar-refractivity contribution in [3.8, 4) is 17.2 Å². The lowest BCUT2D eigenvalue weighted by Gasteiger charge is -2.23. The van der Waals surface area contributed by atoms with Gasteiger partial charge in [-0.25, -0.2) is 9.67 Å². The molecule has 26 heavy (non-hydrogen) atoms. The average molecular weight is 396 g/mol. The number of hydrogen-bond acceptors (Lipinski definition) is 4. The molecule has 1 N–H and O–H groups in total. The predicted octanol–water partition coefficient (Wildman–Crippen LogP) is 2.96. The number of halogens is 2. The Bertz CT molecular complexity index is 784. The molecule has 4 rings (SSSR count). The standard InChI is InChI=1S/C18H21N5O.2ClH/c1-2-4-15(5-3-1)23-17(6-8-21-23)18-20-9-12-22(18)11-7-16-14-19-10-13-24-16;;/h1-6,8-9,12,16,19H,7,10-11,13-14H2;2*1H. The van der Waals surface area contributed by atoms with Gasteiger partial charge in [0, 0.05) is 32.0 Å². The second-order valence-corrected chi connectivity index (χ2v) is 5.89. The molecule has 2 aromatic heterocycles. The van der Waals surface area contributed by atoms with Crippen molar-refractivity contribution in [2.45, 2.75) is 19.1 Å². The lowest BCUT2D eigenvalue weighted by atomic mass is 10.2. The zero-order valence-corrected chi connectivity index (χ0v) is 16.0. The second-order valence-electron chi connectivity index (χ2n) is 5.89. The second kappa shape index (κ2) is 9.73. The van der Waals surface area contributed by atoms with Crippen LogP contribution >= 0.6 is 24.8 Å². The van der Waals surface area contributed by atoms with Gasteiger partial charge in [0.25, 0.3) is 0 Å². The molecule has 140 valence electrons. The van der Waals surface area contributed by atoms with Crippen LogP contribution in [0, 0.1) is 0 Å². The zero-order chi connectivity index (χ0) is 16.2. The Morgan fingerprint density at radius 2 is 1.96 bits per heavy atom. The predicted molar refractivity (Wildman–Crippen MR) is 107 cm³/mol. The molecule has 1 saturated heterocycles. The Labute approximate surface area is 165 Å². The van der Waals surface area contributed by atoms with Crippen LogP contribution in [-0.4, -0.2) is 45.1 Å². The molecule has 0 amide bonds. The van der Waals surface area contributed by atoms with Crippen LogP contribution in [0.2, 0.25) is 0 Å². The molecule has 1 fully saturated rings.